The Morgan fingerprint density at radius 2 is 1.93 bits per heavy atom. The number of fused-ring (bicyclic) bond motifs is 1. The first-order valence-electron chi connectivity index (χ1n) is 9.42. The van der Waals surface area contributed by atoms with Gasteiger partial charge in [-0.25, -0.2) is 4.98 Å². The van der Waals surface area contributed by atoms with E-state index in [4.69, 9.17) is 8.83 Å². The molecule has 1 amide bonds. The van der Waals surface area contributed by atoms with E-state index in [-0.39, 0.29) is 11.7 Å². The molecule has 0 fully saturated rings. The highest BCUT2D eigenvalue weighted by Crippen LogP contribution is 2.31. The number of rotatable bonds is 6. The Kier molecular flexibility index (Phi) is 4.86. The van der Waals surface area contributed by atoms with Crippen molar-refractivity contribution in [2.45, 2.75) is 13.1 Å². The molecule has 5 rings (SSSR count). The van der Waals surface area contributed by atoms with Gasteiger partial charge in [0.15, 0.2) is 16.5 Å². The van der Waals surface area contributed by atoms with Crippen LogP contribution in [0, 0.1) is 0 Å². The number of carbonyl (C=O) groups excluding carboxylic acids is 1. The van der Waals surface area contributed by atoms with Crippen LogP contribution in [-0.2, 0) is 13.1 Å². The summed E-state index contributed by atoms with van der Waals surface area (Å²) in [5, 5.41) is 0.750. The minimum atomic E-state index is -0.220. The Labute approximate surface area is 176 Å². The van der Waals surface area contributed by atoms with Gasteiger partial charge in [-0.3, -0.25) is 9.78 Å². The van der Waals surface area contributed by atoms with E-state index in [1.165, 1.54) is 11.3 Å². The molecule has 6 nitrogen and oxygen atoms in total. The first-order chi connectivity index (χ1) is 14.8. The van der Waals surface area contributed by atoms with Crippen LogP contribution in [0.25, 0.3) is 21.0 Å². The molecule has 148 valence electrons. The molecule has 0 aliphatic carbocycles. The summed E-state index contributed by atoms with van der Waals surface area (Å²) in [7, 11) is 0. The van der Waals surface area contributed by atoms with E-state index < -0.39 is 0 Å². The van der Waals surface area contributed by atoms with Crippen molar-refractivity contribution in [2.75, 3.05) is 0 Å². The fourth-order valence-electron chi connectivity index (χ4n) is 3.20. The molecule has 4 heterocycles. The number of benzene rings is 1. The average Bonchev–Trinajstić information content (AvgIpc) is 3.53. The number of hydrogen-bond acceptors (Lipinski definition) is 6. The highest BCUT2D eigenvalue weighted by Gasteiger charge is 2.22. The van der Waals surface area contributed by atoms with Crippen LogP contribution in [-0.4, -0.2) is 20.8 Å². The van der Waals surface area contributed by atoms with E-state index in [9.17, 15) is 4.79 Å². The van der Waals surface area contributed by atoms with Gasteiger partial charge in [0, 0.05) is 18.9 Å². The van der Waals surface area contributed by atoms with Gasteiger partial charge in [-0.15, -0.1) is 11.3 Å². The lowest BCUT2D eigenvalue weighted by atomic mass is 10.2. The summed E-state index contributed by atoms with van der Waals surface area (Å²) in [6.45, 7) is 0.725. The molecule has 0 saturated carbocycles. The molecule has 0 bridgehead atoms. The maximum absolute atomic E-state index is 13.2. The molecule has 0 atom stereocenters. The van der Waals surface area contributed by atoms with Crippen molar-refractivity contribution in [3.05, 3.63) is 96.4 Å². The average molecular weight is 415 g/mol. The van der Waals surface area contributed by atoms with Crippen molar-refractivity contribution in [2.24, 2.45) is 0 Å². The van der Waals surface area contributed by atoms with Crippen LogP contribution in [0.4, 0.5) is 0 Å². The third kappa shape index (κ3) is 3.75. The van der Waals surface area contributed by atoms with Crippen molar-refractivity contribution in [3.8, 4) is 10.8 Å². The predicted octanol–water partition coefficient (Wildman–Crippen LogP) is 5.39. The number of thiazole rings is 1. The van der Waals surface area contributed by atoms with Gasteiger partial charge in [-0.2, -0.15) is 0 Å². The maximum atomic E-state index is 13.2. The first kappa shape index (κ1) is 18.3. The molecule has 5 aromatic rings. The van der Waals surface area contributed by atoms with Crippen molar-refractivity contribution < 1.29 is 13.6 Å². The molecular formula is C23H17N3O3S. The zero-order chi connectivity index (χ0) is 20.3. The SMILES string of the molecule is O=C(c1ccc(-c2nc3ccccc3s2)o1)N(Cc1cccnc1)Cc1ccco1. The molecule has 0 aliphatic heterocycles. The number of pyridine rings is 1. The third-order valence-electron chi connectivity index (χ3n) is 4.63. The van der Waals surface area contributed by atoms with Crippen molar-refractivity contribution in [1.29, 1.82) is 0 Å². The van der Waals surface area contributed by atoms with Crippen LogP contribution >= 0.6 is 11.3 Å². The second-order valence-electron chi connectivity index (χ2n) is 6.75. The molecule has 0 spiro atoms. The van der Waals surface area contributed by atoms with E-state index in [1.54, 1.807) is 41.8 Å². The fourth-order valence-corrected chi connectivity index (χ4v) is 4.13. The summed E-state index contributed by atoms with van der Waals surface area (Å²) in [6, 6.07) is 18.8. The topological polar surface area (TPSA) is 72.4 Å². The number of amides is 1. The summed E-state index contributed by atoms with van der Waals surface area (Å²) in [5.74, 6) is 1.33. The van der Waals surface area contributed by atoms with E-state index in [0.29, 0.717) is 24.6 Å². The summed E-state index contributed by atoms with van der Waals surface area (Å²) < 4.78 is 12.4. The van der Waals surface area contributed by atoms with Crippen LogP contribution in [0.3, 0.4) is 0 Å². The second-order valence-corrected chi connectivity index (χ2v) is 7.78. The first-order valence-corrected chi connectivity index (χ1v) is 10.2. The van der Waals surface area contributed by atoms with Crippen LogP contribution in [0.2, 0.25) is 0 Å². The van der Waals surface area contributed by atoms with Gasteiger partial charge in [0.1, 0.15) is 5.76 Å². The Morgan fingerprint density at radius 1 is 1.00 bits per heavy atom. The standard InChI is InChI=1S/C23H17N3O3S/c27-23(26(15-17-6-4-12-28-17)14-16-5-3-11-24-13-16)20-10-9-19(29-20)22-25-18-7-1-2-8-21(18)30-22/h1-13H,14-15H2. The summed E-state index contributed by atoms with van der Waals surface area (Å²) >= 11 is 1.54. The highest BCUT2D eigenvalue weighted by atomic mass is 32.1. The Balaban J connectivity index is 1.42. The summed E-state index contributed by atoms with van der Waals surface area (Å²) in [6.07, 6.45) is 5.05. The van der Waals surface area contributed by atoms with Gasteiger partial charge in [-0.1, -0.05) is 18.2 Å². The second kappa shape index (κ2) is 7.96. The zero-order valence-electron chi connectivity index (χ0n) is 15.9. The fraction of sp³-hybridized carbons (Fsp3) is 0.0870. The van der Waals surface area contributed by atoms with Gasteiger partial charge in [0.25, 0.3) is 5.91 Å². The smallest absolute Gasteiger partial charge is 0.290 e. The number of nitrogens with zero attached hydrogens (tertiary/aromatic N) is 3. The normalized spacial score (nSPS) is 11.1. The van der Waals surface area contributed by atoms with E-state index in [1.807, 2.05) is 42.5 Å². The van der Waals surface area contributed by atoms with Crippen LogP contribution in [0.5, 0.6) is 0 Å². The largest absolute Gasteiger partial charge is 0.467 e. The van der Waals surface area contributed by atoms with Crippen molar-refractivity contribution in [3.63, 3.8) is 0 Å². The van der Waals surface area contributed by atoms with E-state index in [2.05, 4.69) is 9.97 Å². The molecule has 1 aromatic carbocycles. The van der Waals surface area contributed by atoms with Gasteiger partial charge in [0.05, 0.1) is 23.0 Å². The van der Waals surface area contributed by atoms with Crippen molar-refractivity contribution in [1.82, 2.24) is 14.9 Å². The monoisotopic (exact) mass is 415 g/mol. The molecule has 0 saturated heterocycles. The van der Waals surface area contributed by atoms with Gasteiger partial charge in [0.2, 0.25) is 0 Å². The Morgan fingerprint density at radius 3 is 2.73 bits per heavy atom. The van der Waals surface area contributed by atoms with Crippen LogP contribution < -0.4 is 0 Å². The van der Waals surface area contributed by atoms with Crippen LogP contribution in [0.1, 0.15) is 21.9 Å². The van der Waals surface area contributed by atoms with E-state index in [0.717, 1.165) is 20.8 Å². The number of aromatic nitrogens is 2. The van der Waals surface area contributed by atoms with Gasteiger partial charge in [-0.05, 0) is 48.0 Å². The maximum Gasteiger partial charge on any atom is 0.290 e. The molecule has 0 N–H and O–H groups in total. The van der Waals surface area contributed by atoms with Crippen molar-refractivity contribution >= 4 is 27.5 Å². The molecule has 0 aliphatic rings. The summed E-state index contributed by atoms with van der Waals surface area (Å²) in [5.41, 5.74) is 1.84. The third-order valence-corrected chi connectivity index (χ3v) is 5.68. The summed E-state index contributed by atoms with van der Waals surface area (Å²) in [4.78, 5) is 23.7. The number of hydrogen-bond donors (Lipinski definition) is 0. The molecule has 0 unspecified atom stereocenters. The Bertz CT molecular complexity index is 1240. The highest BCUT2D eigenvalue weighted by molar-refractivity contribution is 7.21. The molecular weight excluding hydrogens is 398 g/mol. The number of para-hydroxylation sites is 1. The molecule has 0 radical (unpaired) electrons. The Hall–Kier alpha value is -3.71. The zero-order valence-corrected chi connectivity index (χ0v) is 16.7. The lowest BCUT2D eigenvalue weighted by Gasteiger charge is -2.20. The van der Waals surface area contributed by atoms with Crippen LogP contribution in [0.15, 0.2) is 88.2 Å². The van der Waals surface area contributed by atoms with Gasteiger partial charge >= 0.3 is 0 Å². The number of carbonyl (C=O) groups is 1. The predicted molar refractivity (Wildman–Crippen MR) is 114 cm³/mol. The molecule has 30 heavy (non-hydrogen) atoms. The minimum absolute atomic E-state index is 0.220. The lowest BCUT2D eigenvalue weighted by molar-refractivity contribution is 0.0686. The lowest BCUT2D eigenvalue weighted by Crippen LogP contribution is -2.29. The number of furan rings is 2. The minimum Gasteiger partial charge on any atom is -0.467 e. The molecule has 7 heteroatoms. The van der Waals surface area contributed by atoms with E-state index >= 15 is 0 Å². The quantitative estimate of drug-likeness (QED) is 0.372. The molecule has 4 aromatic heterocycles. The van der Waals surface area contributed by atoms with Gasteiger partial charge < -0.3 is 13.7 Å².